The lowest BCUT2D eigenvalue weighted by atomic mass is 10.1. The van der Waals surface area contributed by atoms with E-state index in [1.54, 1.807) is 0 Å². The van der Waals surface area contributed by atoms with E-state index >= 15 is 0 Å². The van der Waals surface area contributed by atoms with Crippen LogP contribution in [0.15, 0.2) is 32.3 Å². The van der Waals surface area contributed by atoms with Crippen molar-refractivity contribution in [2.24, 2.45) is 5.92 Å². The largest absolute Gasteiger partial charge is 0.417 e. The average molecular weight is 346 g/mol. The van der Waals surface area contributed by atoms with Crippen LogP contribution < -0.4 is 10.5 Å². The molecule has 1 aromatic carbocycles. The maximum absolute atomic E-state index is 12.2. The van der Waals surface area contributed by atoms with Crippen molar-refractivity contribution in [1.29, 1.82) is 0 Å². The molecule has 120 valence electrons. The Morgan fingerprint density at radius 1 is 1.36 bits per heavy atom. The second-order valence-corrected chi connectivity index (χ2v) is 9.29. The Hall–Kier alpha value is -1.65. The number of aromatic nitrogens is 1. The second kappa shape index (κ2) is 5.21. The number of sulfonamides is 1. The van der Waals surface area contributed by atoms with Crippen molar-refractivity contribution in [3.63, 3.8) is 0 Å². The van der Waals surface area contributed by atoms with Gasteiger partial charge in [0.15, 0.2) is 15.4 Å². The van der Waals surface area contributed by atoms with E-state index in [4.69, 9.17) is 4.42 Å². The minimum absolute atomic E-state index is 0.00123. The molecule has 0 spiro atoms. The van der Waals surface area contributed by atoms with Crippen LogP contribution in [0.2, 0.25) is 0 Å². The van der Waals surface area contributed by atoms with Crippen molar-refractivity contribution in [3.8, 4) is 0 Å². The van der Waals surface area contributed by atoms with E-state index < -0.39 is 25.6 Å². The summed E-state index contributed by atoms with van der Waals surface area (Å²) < 4.78 is 54.4. The third-order valence-corrected chi connectivity index (χ3v) is 6.85. The van der Waals surface area contributed by atoms with E-state index in [2.05, 4.69) is 9.71 Å². The van der Waals surface area contributed by atoms with Gasteiger partial charge in [0.05, 0.1) is 21.9 Å². The molecule has 2 aromatic rings. The van der Waals surface area contributed by atoms with Gasteiger partial charge in [-0.1, -0.05) is 0 Å². The first-order chi connectivity index (χ1) is 10.3. The van der Waals surface area contributed by atoms with Gasteiger partial charge in [-0.25, -0.2) is 26.4 Å². The molecule has 1 aliphatic heterocycles. The molecule has 0 bridgehead atoms. The molecule has 0 saturated carbocycles. The van der Waals surface area contributed by atoms with E-state index in [0.717, 1.165) is 0 Å². The van der Waals surface area contributed by atoms with Crippen LogP contribution in [-0.2, 0) is 19.9 Å². The van der Waals surface area contributed by atoms with Crippen LogP contribution in [0.1, 0.15) is 6.42 Å². The Balaban J connectivity index is 1.78. The average Bonchev–Trinajstić information content (AvgIpc) is 2.96. The third kappa shape index (κ3) is 3.08. The number of nitrogens with one attached hydrogen (secondary N) is 2. The minimum Gasteiger partial charge on any atom is -0.408 e. The Bertz CT molecular complexity index is 970. The number of benzene rings is 1. The summed E-state index contributed by atoms with van der Waals surface area (Å²) in [6.45, 7) is 0.0662. The number of H-pyrrole nitrogens is 1. The Morgan fingerprint density at radius 2 is 2.14 bits per heavy atom. The number of fused-ring (bicyclic) bond motifs is 1. The normalized spacial score (nSPS) is 21.4. The highest BCUT2D eigenvalue weighted by atomic mass is 32.2. The molecule has 3 rings (SSSR count). The van der Waals surface area contributed by atoms with Crippen LogP contribution in [-0.4, -0.2) is 39.9 Å². The van der Waals surface area contributed by atoms with Crippen molar-refractivity contribution in [2.45, 2.75) is 11.3 Å². The topological polar surface area (TPSA) is 126 Å². The number of hydrogen-bond acceptors (Lipinski definition) is 6. The number of aromatic amines is 1. The molecule has 0 amide bonds. The van der Waals surface area contributed by atoms with Gasteiger partial charge in [-0.3, -0.25) is 4.98 Å². The van der Waals surface area contributed by atoms with E-state index in [1.807, 2.05) is 0 Å². The summed E-state index contributed by atoms with van der Waals surface area (Å²) in [5.41, 5.74) is 0.558. The van der Waals surface area contributed by atoms with Gasteiger partial charge in [0.2, 0.25) is 10.0 Å². The summed E-state index contributed by atoms with van der Waals surface area (Å²) in [6.07, 6.45) is 0.455. The SMILES string of the molecule is O=c1[nH]c2ccc(S(=O)(=O)NCC3CCS(=O)(=O)C3)cc2o1. The maximum Gasteiger partial charge on any atom is 0.417 e. The second-order valence-electron chi connectivity index (χ2n) is 5.29. The molecule has 10 heteroatoms. The molecule has 8 nitrogen and oxygen atoms in total. The van der Waals surface area contributed by atoms with Gasteiger partial charge in [-0.05, 0) is 24.5 Å². The van der Waals surface area contributed by atoms with Gasteiger partial charge >= 0.3 is 5.76 Å². The van der Waals surface area contributed by atoms with Crippen molar-refractivity contribution in [2.75, 3.05) is 18.1 Å². The molecule has 1 aliphatic rings. The predicted octanol–water partition coefficient (Wildman–Crippen LogP) is -0.166. The van der Waals surface area contributed by atoms with Gasteiger partial charge in [-0.15, -0.1) is 0 Å². The van der Waals surface area contributed by atoms with Crippen molar-refractivity contribution < 1.29 is 21.3 Å². The lowest BCUT2D eigenvalue weighted by Crippen LogP contribution is -2.29. The Kier molecular flexibility index (Phi) is 3.62. The molecular formula is C12H14N2O6S2. The molecule has 0 aliphatic carbocycles. The third-order valence-electron chi connectivity index (χ3n) is 3.59. The molecule has 1 aromatic heterocycles. The monoisotopic (exact) mass is 346 g/mol. The van der Waals surface area contributed by atoms with E-state index in [-0.39, 0.29) is 34.4 Å². The molecule has 2 N–H and O–H groups in total. The fourth-order valence-electron chi connectivity index (χ4n) is 2.44. The molecule has 1 fully saturated rings. The number of oxazole rings is 1. The van der Waals surface area contributed by atoms with Crippen LogP contribution in [0.3, 0.4) is 0 Å². The van der Waals surface area contributed by atoms with Crippen molar-refractivity contribution in [1.82, 2.24) is 9.71 Å². The zero-order chi connectivity index (χ0) is 16.0. The summed E-state index contributed by atoms with van der Waals surface area (Å²) in [7, 11) is -6.83. The van der Waals surface area contributed by atoms with Crippen LogP contribution >= 0.6 is 0 Å². The molecule has 1 unspecified atom stereocenters. The fraction of sp³-hybridized carbons (Fsp3) is 0.417. The highest BCUT2D eigenvalue weighted by Gasteiger charge is 2.29. The zero-order valence-corrected chi connectivity index (χ0v) is 13.0. The summed E-state index contributed by atoms with van der Waals surface area (Å²) in [5.74, 6) is -0.774. The van der Waals surface area contributed by atoms with Gasteiger partial charge < -0.3 is 4.42 Å². The molecule has 1 saturated heterocycles. The van der Waals surface area contributed by atoms with Crippen molar-refractivity contribution in [3.05, 3.63) is 28.7 Å². The standard InChI is InChI=1S/C12H14N2O6S2/c15-12-14-10-2-1-9(5-11(10)20-12)22(18,19)13-6-8-3-4-21(16,17)7-8/h1-2,5,8,13H,3-4,6-7H2,(H,14,15). The number of hydrogen-bond donors (Lipinski definition) is 2. The first-order valence-electron chi connectivity index (χ1n) is 6.58. The quantitative estimate of drug-likeness (QED) is 0.792. The summed E-state index contributed by atoms with van der Waals surface area (Å²) in [4.78, 5) is 13.4. The van der Waals surface area contributed by atoms with Gasteiger partial charge in [0.1, 0.15) is 0 Å². The minimum atomic E-state index is -3.79. The first kappa shape index (κ1) is 15.3. The van der Waals surface area contributed by atoms with Crippen LogP contribution in [0, 0.1) is 5.92 Å². The summed E-state index contributed by atoms with van der Waals surface area (Å²) in [6, 6.07) is 4.04. The highest BCUT2D eigenvalue weighted by Crippen LogP contribution is 2.20. The van der Waals surface area contributed by atoms with Crippen LogP contribution in [0.25, 0.3) is 11.1 Å². The maximum atomic E-state index is 12.2. The fourth-order valence-corrected chi connectivity index (χ4v) is 5.43. The predicted molar refractivity (Wildman–Crippen MR) is 78.8 cm³/mol. The Labute approximate surface area is 126 Å². The number of sulfone groups is 1. The van der Waals surface area contributed by atoms with Crippen molar-refractivity contribution >= 4 is 31.0 Å². The van der Waals surface area contributed by atoms with Gasteiger partial charge in [-0.2, -0.15) is 0 Å². The number of rotatable bonds is 4. The molecule has 2 heterocycles. The van der Waals surface area contributed by atoms with Gasteiger partial charge in [0.25, 0.3) is 0 Å². The molecule has 0 radical (unpaired) electrons. The highest BCUT2D eigenvalue weighted by molar-refractivity contribution is 7.91. The lowest BCUT2D eigenvalue weighted by Gasteiger charge is -2.10. The van der Waals surface area contributed by atoms with E-state index in [0.29, 0.717) is 11.9 Å². The molecule has 1 atom stereocenters. The van der Waals surface area contributed by atoms with Gasteiger partial charge in [0, 0.05) is 12.6 Å². The van der Waals surface area contributed by atoms with Crippen LogP contribution in [0.4, 0.5) is 0 Å². The zero-order valence-electron chi connectivity index (χ0n) is 11.4. The lowest BCUT2D eigenvalue weighted by molar-refractivity contribution is 0.541. The molecular weight excluding hydrogens is 332 g/mol. The molecule has 22 heavy (non-hydrogen) atoms. The summed E-state index contributed by atoms with van der Waals surface area (Å²) >= 11 is 0. The first-order valence-corrected chi connectivity index (χ1v) is 9.89. The van der Waals surface area contributed by atoms with E-state index in [9.17, 15) is 21.6 Å². The van der Waals surface area contributed by atoms with E-state index in [1.165, 1.54) is 18.2 Å². The van der Waals surface area contributed by atoms with Crippen LogP contribution in [0.5, 0.6) is 0 Å². The summed E-state index contributed by atoms with van der Waals surface area (Å²) in [5, 5.41) is 0. The Morgan fingerprint density at radius 3 is 2.82 bits per heavy atom. The smallest absolute Gasteiger partial charge is 0.408 e.